The maximum absolute atomic E-state index is 5.69. The molecule has 7 heteroatoms. The van der Waals surface area contributed by atoms with E-state index in [2.05, 4.69) is 38.3 Å². The van der Waals surface area contributed by atoms with Gasteiger partial charge < -0.3 is 4.31 Å². The summed E-state index contributed by atoms with van der Waals surface area (Å²) in [5, 5.41) is 0. The van der Waals surface area contributed by atoms with Crippen LogP contribution in [-0.4, -0.2) is 12.3 Å². The normalized spacial score (nSPS) is 20.6. The van der Waals surface area contributed by atoms with E-state index in [1.54, 1.807) is 0 Å². The van der Waals surface area contributed by atoms with E-state index in [1.165, 1.54) is 0 Å². The van der Waals surface area contributed by atoms with E-state index in [1.807, 2.05) is 0 Å². The third kappa shape index (κ3) is 7.84. The number of thiol groups is 2. The first-order chi connectivity index (χ1) is 5.83. The molecular formula is C6H16OP2S4. The van der Waals surface area contributed by atoms with Crippen LogP contribution in [0.4, 0.5) is 0 Å². The summed E-state index contributed by atoms with van der Waals surface area (Å²) in [6.07, 6.45) is 3.67. The fraction of sp³-hybridized carbons (Fsp3) is 1.00. The summed E-state index contributed by atoms with van der Waals surface area (Å²) >= 11 is 19.3. The molecule has 0 spiro atoms. The molecule has 0 fully saturated rings. The molecular weight excluding hydrogens is 278 g/mol. The molecule has 0 radical (unpaired) electrons. The molecule has 0 aliphatic heterocycles. The second-order valence-corrected chi connectivity index (χ2v) is 15.9. The van der Waals surface area contributed by atoms with Gasteiger partial charge in [0.2, 0.25) is 0 Å². The molecule has 0 bridgehead atoms. The van der Waals surface area contributed by atoms with Gasteiger partial charge in [-0.05, 0) is 12.8 Å². The Morgan fingerprint density at radius 2 is 1.31 bits per heavy atom. The van der Waals surface area contributed by atoms with Crippen molar-refractivity contribution in [1.29, 1.82) is 0 Å². The molecule has 0 N–H and O–H groups in total. The van der Waals surface area contributed by atoms with Gasteiger partial charge in [-0.15, -0.1) is 24.5 Å². The van der Waals surface area contributed by atoms with Gasteiger partial charge in [0.15, 0.2) is 0 Å². The van der Waals surface area contributed by atoms with Crippen LogP contribution < -0.4 is 0 Å². The summed E-state index contributed by atoms with van der Waals surface area (Å²) in [4.78, 5) is 0. The minimum atomic E-state index is -1.95. The average molecular weight is 294 g/mol. The van der Waals surface area contributed by atoms with E-state index < -0.39 is 10.9 Å². The maximum Gasteiger partial charge on any atom is 0.122 e. The summed E-state index contributed by atoms with van der Waals surface area (Å²) in [6.45, 7) is 4.14. The van der Waals surface area contributed by atoms with Crippen molar-refractivity contribution >= 4 is 59.0 Å². The van der Waals surface area contributed by atoms with Crippen molar-refractivity contribution in [1.82, 2.24) is 0 Å². The summed E-state index contributed by atoms with van der Waals surface area (Å²) in [5.74, 6) is 0. The standard InChI is InChI=1S/C6H16OP2S4/c1-3-5-8(10,11)7-9(12,13)6-4-2/h3-6H2,1-2H3,(H,10,11)(H,12,13). The Balaban J connectivity index is 4.25. The van der Waals surface area contributed by atoms with Crippen LogP contribution in [0.2, 0.25) is 0 Å². The SMILES string of the molecule is CCCP(=S)(S)OP(=S)(S)CCC. The van der Waals surface area contributed by atoms with Crippen molar-refractivity contribution in [2.75, 3.05) is 12.3 Å². The molecule has 0 heterocycles. The Labute approximate surface area is 102 Å². The first-order valence-corrected chi connectivity index (χ1v) is 12.3. The third-order valence-corrected chi connectivity index (χ3v) is 10.1. The molecule has 0 aromatic carbocycles. The molecule has 0 saturated carbocycles. The molecule has 0 aromatic rings. The molecule has 0 rings (SSSR count). The second kappa shape index (κ2) is 6.52. The summed E-state index contributed by atoms with van der Waals surface area (Å²) in [7, 11) is 0. The molecule has 0 aliphatic rings. The van der Waals surface area contributed by atoms with Gasteiger partial charge in [-0.25, -0.2) is 0 Å². The van der Waals surface area contributed by atoms with Crippen LogP contribution in [-0.2, 0) is 27.9 Å². The monoisotopic (exact) mass is 294 g/mol. The van der Waals surface area contributed by atoms with Gasteiger partial charge in [0.25, 0.3) is 0 Å². The average Bonchev–Trinajstić information content (AvgIpc) is 1.82. The number of rotatable bonds is 6. The van der Waals surface area contributed by atoms with Gasteiger partial charge in [-0.2, -0.15) is 0 Å². The molecule has 80 valence electrons. The van der Waals surface area contributed by atoms with E-state index in [0.717, 1.165) is 25.2 Å². The van der Waals surface area contributed by atoms with Gasteiger partial charge in [-0.3, -0.25) is 0 Å². The Bertz CT molecular complexity index is 219. The zero-order valence-electron chi connectivity index (χ0n) is 7.84. The van der Waals surface area contributed by atoms with Gasteiger partial charge >= 0.3 is 0 Å². The highest BCUT2D eigenvalue weighted by Crippen LogP contribution is 2.69. The maximum atomic E-state index is 5.69. The van der Waals surface area contributed by atoms with Crippen molar-refractivity contribution in [2.24, 2.45) is 0 Å². The molecule has 0 amide bonds. The third-order valence-electron chi connectivity index (χ3n) is 1.27. The number of hydrogen-bond donors (Lipinski definition) is 2. The van der Waals surface area contributed by atoms with E-state index in [0.29, 0.717) is 0 Å². The van der Waals surface area contributed by atoms with E-state index in [9.17, 15) is 0 Å². The lowest BCUT2D eigenvalue weighted by Crippen LogP contribution is -1.88. The van der Waals surface area contributed by atoms with Crippen molar-refractivity contribution in [3.63, 3.8) is 0 Å². The lowest BCUT2D eigenvalue weighted by Gasteiger charge is -2.22. The zero-order valence-corrected chi connectivity index (χ0v) is 13.1. The Morgan fingerprint density at radius 3 is 1.54 bits per heavy atom. The van der Waals surface area contributed by atoms with Gasteiger partial charge in [0.05, 0.1) is 0 Å². The molecule has 0 saturated heterocycles. The quantitative estimate of drug-likeness (QED) is 0.559. The minimum absolute atomic E-state index is 0.841. The predicted molar refractivity (Wildman–Crippen MR) is 77.9 cm³/mol. The minimum Gasteiger partial charge on any atom is -0.301 e. The summed E-state index contributed by atoms with van der Waals surface area (Å²) in [6, 6.07) is 0. The van der Waals surface area contributed by atoms with Crippen molar-refractivity contribution < 1.29 is 4.31 Å². The van der Waals surface area contributed by atoms with Crippen LogP contribution >= 0.6 is 35.4 Å². The molecule has 0 aliphatic carbocycles. The summed E-state index contributed by atoms with van der Waals surface area (Å²) < 4.78 is 5.69. The lowest BCUT2D eigenvalue weighted by molar-refractivity contribution is 0.701. The Kier molecular flexibility index (Phi) is 7.51. The Morgan fingerprint density at radius 1 is 1.00 bits per heavy atom. The van der Waals surface area contributed by atoms with Gasteiger partial charge in [0, 0.05) is 12.3 Å². The fourth-order valence-electron chi connectivity index (χ4n) is 0.846. The molecule has 13 heavy (non-hydrogen) atoms. The first-order valence-electron chi connectivity index (χ1n) is 4.18. The van der Waals surface area contributed by atoms with Crippen LogP contribution in [0.3, 0.4) is 0 Å². The fourth-order valence-corrected chi connectivity index (χ4v) is 12.6. The molecule has 1 nitrogen and oxygen atoms in total. The molecule has 2 atom stereocenters. The van der Waals surface area contributed by atoms with Crippen LogP contribution in [0.25, 0.3) is 0 Å². The van der Waals surface area contributed by atoms with Crippen LogP contribution in [0.1, 0.15) is 26.7 Å². The van der Waals surface area contributed by atoms with E-state index >= 15 is 0 Å². The van der Waals surface area contributed by atoms with E-state index in [4.69, 9.17) is 27.9 Å². The van der Waals surface area contributed by atoms with Gasteiger partial charge in [0.1, 0.15) is 10.9 Å². The van der Waals surface area contributed by atoms with Gasteiger partial charge in [-0.1, -0.05) is 37.5 Å². The van der Waals surface area contributed by atoms with Crippen LogP contribution in [0.15, 0.2) is 0 Å². The van der Waals surface area contributed by atoms with Crippen LogP contribution in [0.5, 0.6) is 0 Å². The summed E-state index contributed by atoms with van der Waals surface area (Å²) in [5.41, 5.74) is -3.89. The molecule has 2 unspecified atom stereocenters. The highest BCUT2D eigenvalue weighted by molar-refractivity contribution is 8.67. The largest absolute Gasteiger partial charge is 0.301 e. The highest BCUT2D eigenvalue weighted by Gasteiger charge is 2.20. The zero-order chi connectivity index (χ0) is 10.5. The van der Waals surface area contributed by atoms with Crippen LogP contribution in [0, 0.1) is 0 Å². The van der Waals surface area contributed by atoms with Crippen molar-refractivity contribution in [2.45, 2.75) is 26.7 Å². The second-order valence-electron chi connectivity index (χ2n) is 2.80. The topological polar surface area (TPSA) is 9.23 Å². The molecule has 0 aromatic heterocycles. The smallest absolute Gasteiger partial charge is 0.122 e. The van der Waals surface area contributed by atoms with Crippen molar-refractivity contribution in [3.8, 4) is 0 Å². The lowest BCUT2D eigenvalue weighted by atomic mass is 10.6. The first kappa shape index (κ1) is 15.0. The Hall–Kier alpha value is 1.96. The number of hydrogen-bond acceptors (Lipinski definition) is 3. The predicted octanol–water partition coefficient (Wildman–Crippen LogP) is 4.30. The van der Waals surface area contributed by atoms with E-state index in [-0.39, 0.29) is 0 Å². The van der Waals surface area contributed by atoms with Crippen molar-refractivity contribution in [3.05, 3.63) is 0 Å². The highest BCUT2D eigenvalue weighted by atomic mass is 32.9.